The van der Waals surface area contributed by atoms with E-state index < -0.39 is 0 Å². The summed E-state index contributed by atoms with van der Waals surface area (Å²) in [7, 11) is 0. The molecule has 0 spiro atoms. The summed E-state index contributed by atoms with van der Waals surface area (Å²) in [4.78, 5) is 14.2. The lowest BCUT2D eigenvalue weighted by Crippen LogP contribution is -2.35. The second-order valence-electron chi connectivity index (χ2n) is 5.18. The van der Waals surface area contributed by atoms with E-state index in [1.807, 2.05) is 25.1 Å². The third kappa shape index (κ3) is 3.72. The van der Waals surface area contributed by atoms with E-state index in [1.54, 1.807) is 0 Å². The summed E-state index contributed by atoms with van der Waals surface area (Å²) in [6.45, 7) is 2.88. The molecule has 1 aliphatic carbocycles. The van der Waals surface area contributed by atoms with Crippen molar-refractivity contribution in [3.05, 3.63) is 23.8 Å². The minimum atomic E-state index is -0.0523. The first-order valence-corrected chi connectivity index (χ1v) is 6.87. The van der Waals surface area contributed by atoms with Crippen molar-refractivity contribution < 1.29 is 4.79 Å². The monoisotopic (exact) mass is 272 g/mol. The molecule has 1 saturated carbocycles. The number of amides is 1. The molecule has 5 nitrogen and oxygen atoms in total. The number of nitrogens with two attached hydrogens (primary N) is 1. The van der Waals surface area contributed by atoms with Gasteiger partial charge in [0.2, 0.25) is 5.91 Å². The third-order valence-corrected chi connectivity index (χ3v) is 3.57. The molecule has 1 aliphatic rings. The smallest absolute Gasteiger partial charge is 0.238 e. The van der Waals surface area contributed by atoms with Crippen LogP contribution >= 0.6 is 0 Å². The maximum Gasteiger partial charge on any atom is 0.238 e. The molecule has 0 saturated heterocycles. The molecule has 0 radical (unpaired) electrons. The topological polar surface area (TPSA) is 82.2 Å². The Morgan fingerprint density at radius 3 is 2.95 bits per heavy atom. The van der Waals surface area contributed by atoms with Crippen molar-refractivity contribution in [2.75, 3.05) is 24.1 Å². The molecular weight excluding hydrogens is 252 g/mol. The second-order valence-corrected chi connectivity index (χ2v) is 5.18. The van der Waals surface area contributed by atoms with Gasteiger partial charge in [-0.1, -0.05) is 6.07 Å². The molecule has 0 aromatic heterocycles. The molecule has 3 N–H and O–H groups in total. The Balaban J connectivity index is 1.94. The summed E-state index contributed by atoms with van der Waals surface area (Å²) in [5.74, 6) is -0.0523. The number of benzene rings is 1. The molecule has 20 heavy (non-hydrogen) atoms. The largest absolute Gasteiger partial charge is 0.398 e. The molecule has 0 bridgehead atoms. The maximum absolute atomic E-state index is 12.1. The van der Waals surface area contributed by atoms with Crippen LogP contribution in [-0.4, -0.2) is 29.9 Å². The van der Waals surface area contributed by atoms with Gasteiger partial charge in [0.25, 0.3) is 0 Å². The number of carbonyl (C=O) groups is 1. The van der Waals surface area contributed by atoms with E-state index in [-0.39, 0.29) is 5.91 Å². The van der Waals surface area contributed by atoms with Crippen molar-refractivity contribution in [1.29, 1.82) is 5.26 Å². The quantitative estimate of drug-likeness (QED) is 0.775. The van der Waals surface area contributed by atoms with Crippen LogP contribution in [0, 0.1) is 18.3 Å². The van der Waals surface area contributed by atoms with E-state index in [9.17, 15) is 4.79 Å². The first-order valence-electron chi connectivity index (χ1n) is 6.87. The summed E-state index contributed by atoms with van der Waals surface area (Å²) >= 11 is 0. The Morgan fingerprint density at radius 1 is 1.55 bits per heavy atom. The predicted octanol–water partition coefficient (Wildman–Crippen LogP) is 1.89. The fourth-order valence-corrected chi connectivity index (χ4v) is 2.19. The Labute approximate surface area is 119 Å². The number of nitrogen functional groups attached to an aromatic ring is 1. The van der Waals surface area contributed by atoms with E-state index >= 15 is 0 Å². The molecule has 0 atom stereocenters. The first-order chi connectivity index (χ1) is 9.61. The zero-order valence-corrected chi connectivity index (χ0v) is 11.7. The maximum atomic E-state index is 12.1. The van der Waals surface area contributed by atoms with Gasteiger partial charge in [0.1, 0.15) is 0 Å². The Morgan fingerprint density at radius 2 is 2.30 bits per heavy atom. The highest BCUT2D eigenvalue weighted by molar-refractivity contribution is 5.93. The van der Waals surface area contributed by atoms with E-state index in [4.69, 9.17) is 11.0 Å². The van der Waals surface area contributed by atoms with E-state index in [0.29, 0.717) is 31.2 Å². The summed E-state index contributed by atoms with van der Waals surface area (Å²) in [6, 6.07) is 8.09. The molecule has 1 fully saturated rings. The number of carbonyl (C=O) groups excluding carboxylic acids is 1. The number of anilines is 2. The Bertz CT molecular complexity index is 531. The number of hydrogen-bond donors (Lipinski definition) is 2. The lowest BCUT2D eigenvalue weighted by atomic mass is 10.1. The number of hydrogen-bond acceptors (Lipinski definition) is 4. The highest BCUT2D eigenvalue weighted by Crippen LogP contribution is 2.27. The molecule has 5 heteroatoms. The van der Waals surface area contributed by atoms with E-state index in [1.165, 1.54) is 0 Å². The average Bonchev–Trinajstić information content (AvgIpc) is 3.24. The van der Waals surface area contributed by atoms with Crippen molar-refractivity contribution in [2.24, 2.45) is 0 Å². The molecule has 1 aromatic rings. The normalized spacial score (nSPS) is 14.1. The van der Waals surface area contributed by atoms with Gasteiger partial charge in [0, 0.05) is 30.4 Å². The molecule has 0 heterocycles. The number of rotatable bonds is 6. The van der Waals surface area contributed by atoms with Crippen molar-refractivity contribution in [1.82, 2.24) is 4.90 Å². The van der Waals surface area contributed by atoms with Gasteiger partial charge in [0.05, 0.1) is 12.6 Å². The summed E-state index contributed by atoms with van der Waals surface area (Å²) < 4.78 is 0. The fourth-order valence-electron chi connectivity index (χ4n) is 2.19. The van der Waals surface area contributed by atoms with Crippen LogP contribution in [-0.2, 0) is 4.79 Å². The Kier molecular flexibility index (Phi) is 4.59. The van der Waals surface area contributed by atoms with Crippen LogP contribution in [0.4, 0.5) is 11.4 Å². The number of nitriles is 1. The van der Waals surface area contributed by atoms with Crippen LogP contribution in [0.5, 0.6) is 0 Å². The highest BCUT2D eigenvalue weighted by atomic mass is 16.2. The predicted molar refractivity (Wildman–Crippen MR) is 79.0 cm³/mol. The minimum Gasteiger partial charge on any atom is -0.398 e. The minimum absolute atomic E-state index is 0.0523. The second kappa shape index (κ2) is 6.40. The van der Waals surface area contributed by atoms with Crippen molar-refractivity contribution in [2.45, 2.75) is 32.2 Å². The zero-order valence-electron chi connectivity index (χ0n) is 11.7. The molecular formula is C15H20N4O. The average molecular weight is 272 g/mol. The first kappa shape index (κ1) is 14.4. The molecule has 106 valence electrons. The van der Waals surface area contributed by atoms with Crippen LogP contribution in [0.15, 0.2) is 18.2 Å². The molecule has 1 aromatic carbocycles. The number of nitrogens with zero attached hydrogens (tertiary/aromatic N) is 2. The van der Waals surface area contributed by atoms with Gasteiger partial charge in [-0.05, 0) is 37.5 Å². The van der Waals surface area contributed by atoms with Crippen LogP contribution in [0.25, 0.3) is 0 Å². The Hall–Kier alpha value is -2.06. The molecule has 0 aliphatic heterocycles. The van der Waals surface area contributed by atoms with Crippen LogP contribution in [0.2, 0.25) is 0 Å². The van der Waals surface area contributed by atoms with Crippen LogP contribution in [0.1, 0.15) is 24.8 Å². The van der Waals surface area contributed by atoms with Crippen LogP contribution in [0.3, 0.4) is 0 Å². The van der Waals surface area contributed by atoms with Gasteiger partial charge in [-0.15, -0.1) is 0 Å². The molecule has 1 amide bonds. The summed E-state index contributed by atoms with van der Waals surface area (Å²) in [6.07, 6.45) is 2.70. The molecule has 0 unspecified atom stereocenters. The standard InChI is InChI=1S/C15H20N4O/c1-11-13(17)4-2-5-14(11)18-15(20)10-19(9-3-8-16)12-6-7-12/h2,4-5,12H,3,6-7,9-10,17H2,1H3,(H,18,20). The molecule has 2 rings (SSSR count). The highest BCUT2D eigenvalue weighted by Gasteiger charge is 2.29. The van der Waals surface area contributed by atoms with Gasteiger partial charge in [0.15, 0.2) is 0 Å². The fraction of sp³-hybridized carbons (Fsp3) is 0.467. The van der Waals surface area contributed by atoms with Gasteiger partial charge < -0.3 is 11.1 Å². The number of nitrogens with one attached hydrogen (secondary N) is 1. The van der Waals surface area contributed by atoms with Gasteiger partial charge in [-0.25, -0.2) is 0 Å². The lowest BCUT2D eigenvalue weighted by molar-refractivity contribution is -0.117. The van der Waals surface area contributed by atoms with Crippen molar-refractivity contribution in [3.8, 4) is 6.07 Å². The SMILES string of the molecule is Cc1c(N)cccc1NC(=O)CN(CCC#N)C1CC1. The third-order valence-electron chi connectivity index (χ3n) is 3.57. The van der Waals surface area contributed by atoms with Crippen LogP contribution < -0.4 is 11.1 Å². The zero-order chi connectivity index (χ0) is 14.5. The summed E-state index contributed by atoms with van der Waals surface area (Å²) in [5, 5.41) is 11.6. The van der Waals surface area contributed by atoms with Crippen molar-refractivity contribution >= 4 is 17.3 Å². The van der Waals surface area contributed by atoms with Gasteiger partial charge >= 0.3 is 0 Å². The van der Waals surface area contributed by atoms with Gasteiger partial charge in [-0.3, -0.25) is 9.69 Å². The lowest BCUT2D eigenvalue weighted by Gasteiger charge is -2.20. The van der Waals surface area contributed by atoms with Crippen molar-refractivity contribution in [3.63, 3.8) is 0 Å². The summed E-state index contributed by atoms with van der Waals surface area (Å²) in [5.41, 5.74) is 8.14. The van der Waals surface area contributed by atoms with E-state index in [2.05, 4.69) is 16.3 Å². The van der Waals surface area contributed by atoms with E-state index in [0.717, 1.165) is 24.1 Å². The van der Waals surface area contributed by atoms with Gasteiger partial charge in [-0.2, -0.15) is 5.26 Å².